The van der Waals surface area contributed by atoms with E-state index in [-0.39, 0.29) is 42.9 Å². The highest BCUT2D eigenvalue weighted by molar-refractivity contribution is 7.89. The molecule has 2 aromatic carbocycles. The summed E-state index contributed by atoms with van der Waals surface area (Å²) in [5, 5.41) is 2.12. The average molecular weight is 522 g/mol. The van der Waals surface area contributed by atoms with Gasteiger partial charge in [0.25, 0.3) is 0 Å². The van der Waals surface area contributed by atoms with Gasteiger partial charge in [-0.05, 0) is 47.9 Å². The van der Waals surface area contributed by atoms with Crippen molar-refractivity contribution in [3.63, 3.8) is 0 Å². The molecule has 2 aromatic rings. The first kappa shape index (κ1) is 25.4. The van der Waals surface area contributed by atoms with Gasteiger partial charge in [0, 0.05) is 44.7 Å². The summed E-state index contributed by atoms with van der Waals surface area (Å²) in [6, 6.07) is 9.99. The van der Waals surface area contributed by atoms with Gasteiger partial charge in [-0.15, -0.1) is 0 Å². The Balaban J connectivity index is 1.48. The maximum Gasteiger partial charge on any atom is 0.313 e. The summed E-state index contributed by atoms with van der Waals surface area (Å²) in [7, 11) is -2.58. The Hall–Kier alpha value is -2.69. The predicted molar refractivity (Wildman–Crippen MR) is 130 cm³/mol. The minimum absolute atomic E-state index is 0.0600. The van der Waals surface area contributed by atoms with Gasteiger partial charge >= 0.3 is 5.97 Å². The van der Waals surface area contributed by atoms with Crippen molar-refractivity contribution in [1.82, 2.24) is 14.1 Å². The molecule has 0 aromatic heterocycles. The molecule has 2 saturated heterocycles. The quantitative estimate of drug-likeness (QED) is 0.558. The van der Waals surface area contributed by atoms with Crippen LogP contribution in [0.15, 0.2) is 41.3 Å². The summed E-state index contributed by atoms with van der Waals surface area (Å²) in [6.45, 7) is 2.39. The van der Waals surface area contributed by atoms with Crippen molar-refractivity contribution in [2.45, 2.75) is 24.7 Å². The molecule has 0 spiro atoms. The molecule has 9 nitrogen and oxygen atoms in total. The number of piperidine rings is 1. The van der Waals surface area contributed by atoms with E-state index in [2.05, 4.69) is 0 Å². The Labute approximate surface area is 209 Å². The van der Waals surface area contributed by atoms with Crippen LogP contribution in [0.4, 0.5) is 0 Å². The maximum absolute atomic E-state index is 13.3. The van der Waals surface area contributed by atoms with Crippen LogP contribution in [0.2, 0.25) is 5.02 Å². The highest BCUT2D eigenvalue weighted by Gasteiger charge is 2.46. The molecule has 2 heterocycles. The number of halogens is 1. The lowest BCUT2D eigenvalue weighted by molar-refractivity contribution is -0.161. The van der Waals surface area contributed by atoms with E-state index in [9.17, 15) is 22.8 Å². The van der Waals surface area contributed by atoms with Crippen molar-refractivity contribution in [3.05, 3.63) is 41.4 Å². The van der Waals surface area contributed by atoms with E-state index in [1.54, 1.807) is 35.2 Å². The highest BCUT2D eigenvalue weighted by Crippen LogP contribution is 2.35. The molecule has 35 heavy (non-hydrogen) atoms. The molecular formula is C24H28ClN3O6S. The molecule has 0 atom stereocenters. The number of rotatable bonds is 5. The Morgan fingerprint density at radius 1 is 1.03 bits per heavy atom. The lowest BCUT2D eigenvalue weighted by Gasteiger charge is -2.43. The normalized spacial score (nSPS) is 19.1. The molecule has 4 rings (SSSR count). The number of ether oxygens (including phenoxy) is 1. The summed E-state index contributed by atoms with van der Waals surface area (Å²) in [4.78, 5) is 40.7. The third-order valence-corrected chi connectivity index (χ3v) is 9.05. The molecule has 0 bridgehead atoms. The molecule has 0 unspecified atom stereocenters. The van der Waals surface area contributed by atoms with Crippen LogP contribution in [0.5, 0.6) is 0 Å². The molecule has 2 amide bonds. The molecule has 2 aliphatic rings. The van der Waals surface area contributed by atoms with E-state index in [0.717, 1.165) is 10.8 Å². The summed E-state index contributed by atoms with van der Waals surface area (Å²) < 4.78 is 32.8. The van der Waals surface area contributed by atoms with Gasteiger partial charge in [0.1, 0.15) is 0 Å². The van der Waals surface area contributed by atoms with E-state index in [0.29, 0.717) is 31.0 Å². The lowest BCUT2D eigenvalue weighted by atomic mass is 9.77. The minimum atomic E-state index is -3.89. The number of carbonyl (C=O) groups excluding carboxylic acids is 3. The molecule has 0 N–H and O–H groups in total. The SMILES string of the molecule is COC(=O)C1(CN2CCN(S(=O)(=O)c3ccc4cc(Cl)ccc4c3)CC2=O)CCN(C(C)=O)CC1. The number of fused-ring (bicyclic) bond motifs is 1. The summed E-state index contributed by atoms with van der Waals surface area (Å²) >= 11 is 6.01. The molecule has 188 valence electrons. The summed E-state index contributed by atoms with van der Waals surface area (Å²) in [6.07, 6.45) is 0.762. The number of likely N-dealkylation sites (tertiary alicyclic amines) is 1. The molecule has 2 fully saturated rings. The van der Waals surface area contributed by atoms with Crippen LogP contribution >= 0.6 is 11.6 Å². The largest absolute Gasteiger partial charge is 0.469 e. The van der Waals surface area contributed by atoms with Crippen LogP contribution in [0.1, 0.15) is 19.8 Å². The van der Waals surface area contributed by atoms with Crippen LogP contribution in [0, 0.1) is 5.41 Å². The van der Waals surface area contributed by atoms with Gasteiger partial charge in [0.05, 0.1) is 24.0 Å². The third-order valence-electron chi connectivity index (χ3n) is 6.97. The molecular weight excluding hydrogens is 494 g/mol. The van der Waals surface area contributed by atoms with E-state index in [1.165, 1.54) is 29.3 Å². The number of benzene rings is 2. The molecule has 2 aliphatic heterocycles. The van der Waals surface area contributed by atoms with Gasteiger partial charge in [-0.2, -0.15) is 4.31 Å². The minimum Gasteiger partial charge on any atom is -0.469 e. The summed E-state index contributed by atoms with van der Waals surface area (Å²) in [5.74, 6) is -0.848. The highest BCUT2D eigenvalue weighted by atomic mass is 35.5. The smallest absolute Gasteiger partial charge is 0.313 e. The van der Waals surface area contributed by atoms with Gasteiger partial charge in [-0.1, -0.05) is 23.7 Å². The Kier molecular flexibility index (Phi) is 7.08. The van der Waals surface area contributed by atoms with E-state index in [1.807, 2.05) is 0 Å². The number of hydrogen-bond donors (Lipinski definition) is 0. The fourth-order valence-electron chi connectivity index (χ4n) is 4.82. The van der Waals surface area contributed by atoms with E-state index < -0.39 is 21.4 Å². The first-order valence-corrected chi connectivity index (χ1v) is 13.2. The van der Waals surface area contributed by atoms with Gasteiger partial charge in [0.15, 0.2) is 0 Å². The standard InChI is InChI=1S/C24H28ClN3O6S/c1-17(29)26-9-7-24(8-10-26,23(31)34-2)16-27-11-12-28(15-22(27)30)35(32,33)21-6-4-18-13-20(25)5-3-19(18)14-21/h3-6,13-14H,7-12,15-16H2,1-2H3. The Bertz CT molecular complexity index is 1270. The number of esters is 1. The number of hydrogen-bond acceptors (Lipinski definition) is 6. The first-order valence-electron chi connectivity index (χ1n) is 11.4. The Morgan fingerprint density at radius 3 is 2.31 bits per heavy atom. The zero-order valence-electron chi connectivity index (χ0n) is 19.7. The third kappa shape index (κ3) is 5.00. The van der Waals surface area contributed by atoms with Crippen molar-refractivity contribution in [2.75, 3.05) is 46.4 Å². The van der Waals surface area contributed by atoms with Gasteiger partial charge in [-0.25, -0.2) is 8.42 Å². The van der Waals surface area contributed by atoms with Crippen molar-refractivity contribution < 1.29 is 27.5 Å². The number of amides is 2. The second kappa shape index (κ2) is 9.75. The van der Waals surface area contributed by atoms with Crippen molar-refractivity contribution in [3.8, 4) is 0 Å². The number of methoxy groups -OCH3 is 1. The van der Waals surface area contributed by atoms with Crippen LogP contribution in [-0.2, 0) is 29.1 Å². The fourth-order valence-corrected chi connectivity index (χ4v) is 6.42. The van der Waals surface area contributed by atoms with Crippen molar-refractivity contribution in [2.24, 2.45) is 5.41 Å². The van der Waals surface area contributed by atoms with Gasteiger partial charge in [0.2, 0.25) is 21.8 Å². The second-order valence-corrected chi connectivity index (χ2v) is 11.5. The average Bonchev–Trinajstić information content (AvgIpc) is 2.84. The number of carbonyl (C=O) groups is 3. The van der Waals surface area contributed by atoms with Crippen LogP contribution in [-0.4, -0.2) is 86.7 Å². The number of piperazine rings is 1. The lowest BCUT2D eigenvalue weighted by Crippen LogP contribution is -2.58. The van der Waals surface area contributed by atoms with Crippen LogP contribution in [0.25, 0.3) is 10.8 Å². The van der Waals surface area contributed by atoms with Crippen LogP contribution in [0.3, 0.4) is 0 Å². The van der Waals surface area contributed by atoms with Gasteiger partial charge in [-0.3, -0.25) is 14.4 Å². The zero-order chi connectivity index (χ0) is 25.4. The molecule has 0 radical (unpaired) electrons. The van der Waals surface area contributed by atoms with Crippen molar-refractivity contribution >= 4 is 50.2 Å². The van der Waals surface area contributed by atoms with Gasteiger partial charge < -0.3 is 14.5 Å². The van der Waals surface area contributed by atoms with Crippen molar-refractivity contribution in [1.29, 1.82) is 0 Å². The maximum atomic E-state index is 13.3. The first-order chi connectivity index (χ1) is 16.6. The monoisotopic (exact) mass is 521 g/mol. The fraction of sp³-hybridized carbons (Fsp3) is 0.458. The molecule has 0 aliphatic carbocycles. The predicted octanol–water partition coefficient (Wildman–Crippen LogP) is 2.13. The second-order valence-electron chi connectivity index (χ2n) is 9.09. The topological polar surface area (TPSA) is 104 Å². The molecule has 0 saturated carbocycles. The molecule has 11 heteroatoms. The zero-order valence-corrected chi connectivity index (χ0v) is 21.3. The van der Waals surface area contributed by atoms with E-state index >= 15 is 0 Å². The van der Waals surface area contributed by atoms with E-state index in [4.69, 9.17) is 16.3 Å². The Morgan fingerprint density at radius 2 is 1.69 bits per heavy atom. The van der Waals surface area contributed by atoms with Crippen LogP contribution < -0.4 is 0 Å². The summed E-state index contributed by atoms with van der Waals surface area (Å²) in [5.41, 5.74) is -0.920. The number of nitrogens with zero attached hydrogens (tertiary/aromatic N) is 3. The number of sulfonamides is 1.